The first kappa shape index (κ1) is 13.6. The molecule has 0 spiro atoms. The number of rotatable bonds is 2. The van der Waals surface area contributed by atoms with E-state index < -0.39 is 0 Å². The zero-order valence-electron chi connectivity index (χ0n) is 11.9. The molecule has 20 heavy (non-hydrogen) atoms. The molecule has 2 aliphatic heterocycles. The molecule has 0 aliphatic carbocycles. The molecule has 0 N–H and O–H groups in total. The second kappa shape index (κ2) is 5.52. The third kappa shape index (κ3) is 2.44. The summed E-state index contributed by atoms with van der Waals surface area (Å²) in [5.41, 5.74) is 1.01. The molecule has 1 atom stereocenters. The van der Waals surface area contributed by atoms with Gasteiger partial charge < -0.3 is 4.90 Å². The van der Waals surface area contributed by atoms with E-state index in [1.807, 2.05) is 0 Å². The predicted octanol–water partition coefficient (Wildman–Crippen LogP) is 2.70. The van der Waals surface area contributed by atoms with Crippen molar-refractivity contribution in [1.29, 1.82) is 0 Å². The lowest BCUT2D eigenvalue weighted by Crippen LogP contribution is -2.55. The first-order valence-electron chi connectivity index (χ1n) is 7.45. The fourth-order valence-corrected chi connectivity index (χ4v) is 3.48. The van der Waals surface area contributed by atoms with E-state index >= 15 is 0 Å². The van der Waals surface area contributed by atoms with Crippen LogP contribution in [0.1, 0.15) is 36.5 Å². The second-order valence-electron chi connectivity index (χ2n) is 5.82. The molecule has 1 aromatic rings. The van der Waals surface area contributed by atoms with Crippen LogP contribution in [0.15, 0.2) is 18.2 Å². The molecule has 4 heteroatoms. The quantitative estimate of drug-likeness (QED) is 0.776. The van der Waals surface area contributed by atoms with Crippen LogP contribution in [-0.2, 0) is 0 Å². The number of para-hydroxylation sites is 1. The summed E-state index contributed by atoms with van der Waals surface area (Å²) in [6.07, 6.45) is 3.71. The first-order chi connectivity index (χ1) is 9.66. The third-order valence-corrected chi connectivity index (χ3v) is 4.52. The average molecular weight is 276 g/mol. The van der Waals surface area contributed by atoms with Gasteiger partial charge in [0.15, 0.2) is 5.78 Å². The number of piperazine rings is 1. The molecule has 0 saturated carbocycles. The molecule has 2 aliphatic rings. The van der Waals surface area contributed by atoms with Gasteiger partial charge in [-0.25, -0.2) is 4.39 Å². The maximum Gasteiger partial charge on any atom is 0.161 e. The number of hydrogen-bond donors (Lipinski definition) is 0. The molecular weight excluding hydrogens is 255 g/mol. The summed E-state index contributed by atoms with van der Waals surface area (Å²) in [5.74, 6) is -0.340. The van der Waals surface area contributed by atoms with Crippen LogP contribution in [0.5, 0.6) is 0 Å². The summed E-state index contributed by atoms with van der Waals surface area (Å²) in [5, 5.41) is 0. The molecule has 1 aromatic carbocycles. The molecule has 0 aromatic heterocycles. The number of carbonyl (C=O) groups excluding carboxylic acids is 1. The second-order valence-corrected chi connectivity index (χ2v) is 5.82. The molecular formula is C16H21FN2O. The van der Waals surface area contributed by atoms with Crippen LogP contribution in [0.2, 0.25) is 0 Å². The number of ketones is 1. The van der Waals surface area contributed by atoms with Crippen molar-refractivity contribution in [2.45, 2.75) is 32.2 Å². The van der Waals surface area contributed by atoms with E-state index in [2.05, 4.69) is 9.80 Å². The lowest BCUT2D eigenvalue weighted by Gasteiger charge is -2.45. The number of halogens is 1. The van der Waals surface area contributed by atoms with Crippen LogP contribution in [-0.4, -0.2) is 42.9 Å². The summed E-state index contributed by atoms with van der Waals surface area (Å²) < 4.78 is 14.2. The van der Waals surface area contributed by atoms with Crippen molar-refractivity contribution >= 4 is 11.5 Å². The first-order valence-corrected chi connectivity index (χ1v) is 7.45. The molecule has 2 fully saturated rings. The van der Waals surface area contributed by atoms with Gasteiger partial charge in [0.2, 0.25) is 0 Å². The highest BCUT2D eigenvalue weighted by Crippen LogP contribution is 2.29. The number of piperidine rings is 1. The van der Waals surface area contributed by atoms with E-state index in [1.165, 1.54) is 32.3 Å². The number of fused-ring (bicyclic) bond motifs is 1. The van der Waals surface area contributed by atoms with E-state index in [0.29, 0.717) is 17.3 Å². The molecule has 108 valence electrons. The number of carbonyl (C=O) groups is 1. The highest BCUT2D eigenvalue weighted by molar-refractivity contribution is 5.99. The van der Waals surface area contributed by atoms with Crippen LogP contribution >= 0.6 is 0 Å². The van der Waals surface area contributed by atoms with Gasteiger partial charge in [0.05, 0.1) is 5.69 Å². The minimum atomic E-state index is -0.276. The molecule has 0 bridgehead atoms. The predicted molar refractivity (Wildman–Crippen MR) is 77.8 cm³/mol. The van der Waals surface area contributed by atoms with Crippen molar-refractivity contribution in [3.63, 3.8) is 0 Å². The van der Waals surface area contributed by atoms with Gasteiger partial charge in [-0.2, -0.15) is 0 Å². The molecule has 0 radical (unpaired) electrons. The summed E-state index contributed by atoms with van der Waals surface area (Å²) in [6, 6.07) is 5.31. The summed E-state index contributed by atoms with van der Waals surface area (Å²) >= 11 is 0. The van der Waals surface area contributed by atoms with Gasteiger partial charge >= 0.3 is 0 Å². The van der Waals surface area contributed by atoms with Crippen molar-refractivity contribution in [3.8, 4) is 0 Å². The van der Waals surface area contributed by atoms with Crippen LogP contribution < -0.4 is 4.90 Å². The minimum absolute atomic E-state index is 0.0643. The number of hydrogen-bond acceptors (Lipinski definition) is 3. The van der Waals surface area contributed by atoms with Gasteiger partial charge in [0.25, 0.3) is 0 Å². The highest BCUT2D eigenvalue weighted by atomic mass is 19.1. The molecule has 2 saturated heterocycles. The molecule has 3 nitrogen and oxygen atoms in total. The van der Waals surface area contributed by atoms with Crippen molar-refractivity contribution in [2.24, 2.45) is 0 Å². The maximum atomic E-state index is 14.2. The Bertz CT molecular complexity index is 517. The van der Waals surface area contributed by atoms with Gasteiger partial charge in [0, 0.05) is 31.2 Å². The van der Waals surface area contributed by atoms with Crippen LogP contribution in [0, 0.1) is 5.82 Å². The Morgan fingerprint density at radius 2 is 2.10 bits per heavy atom. The number of anilines is 1. The highest BCUT2D eigenvalue weighted by Gasteiger charge is 2.31. The van der Waals surface area contributed by atoms with E-state index in [1.54, 1.807) is 12.1 Å². The fourth-order valence-electron chi connectivity index (χ4n) is 3.48. The van der Waals surface area contributed by atoms with Gasteiger partial charge in [-0.05, 0) is 38.4 Å². The Balaban J connectivity index is 1.88. The third-order valence-electron chi connectivity index (χ3n) is 4.52. The molecule has 3 rings (SSSR count). The van der Waals surface area contributed by atoms with E-state index in [-0.39, 0.29) is 11.6 Å². The molecule has 0 amide bonds. The van der Waals surface area contributed by atoms with E-state index in [0.717, 1.165) is 26.2 Å². The van der Waals surface area contributed by atoms with Gasteiger partial charge in [-0.3, -0.25) is 9.69 Å². The largest absolute Gasteiger partial charge is 0.366 e. The summed E-state index contributed by atoms with van der Waals surface area (Å²) in [4.78, 5) is 16.3. The lowest BCUT2D eigenvalue weighted by molar-refractivity contribution is 0.101. The normalized spacial score (nSPS) is 23.5. The zero-order chi connectivity index (χ0) is 14.1. The van der Waals surface area contributed by atoms with Crippen LogP contribution in [0.25, 0.3) is 0 Å². The fraction of sp³-hybridized carbons (Fsp3) is 0.562. The lowest BCUT2D eigenvalue weighted by atomic mass is 9.98. The van der Waals surface area contributed by atoms with Crippen molar-refractivity contribution in [3.05, 3.63) is 29.6 Å². The standard InChI is InChI=1S/C16H21FN2O/c1-12(20)14-6-4-7-15(17)16(14)19-10-9-18-8-3-2-5-13(18)11-19/h4,6-7,13H,2-3,5,8-11H2,1H3. The van der Waals surface area contributed by atoms with Gasteiger partial charge in [0.1, 0.15) is 5.82 Å². The van der Waals surface area contributed by atoms with Crippen LogP contribution in [0.4, 0.5) is 10.1 Å². The zero-order valence-corrected chi connectivity index (χ0v) is 11.9. The van der Waals surface area contributed by atoms with Gasteiger partial charge in [-0.1, -0.05) is 12.5 Å². The summed E-state index contributed by atoms with van der Waals surface area (Å²) in [6.45, 7) is 5.28. The number of nitrogens with zero attached hydrogens (tertiary/aromatic N) is 2. The Morgan fingerprint density at radius 1 is 1.25 bits per heavy atom. The molecule has 2 heterocycles. The van der Waals surface area contributed by atoms with E-state index in [9.17, 15) is 9.18 Å². The van der Waals surface area contributed by atoms with E-state index in [4.69, 9.17) is 0 Å². The topological polar surface area (TPSA) is 23.6 Å². The summed E-state index contributed by atoms with van der Waals surface area (Å²) in [7, 11) is 0. The Morgan fingerprint density at radius 3 is 2.90 bits per heavy atom. The monoisotopic (exact) mass is 276 g/mol. The Kier molecular flexibility index (Phi) is 3.74. The van der Waals surface area contributed by atoms with Crippen molar-refractivity contribution in [1.82, 2.24) is 4.90 Å². The smallest absolute Gasteiger partial charge is 0.161 e. The van der Waals surface area contributed by atoms with Crippen molar-refractivity contribution in [2.75, 3.05) is 31.1 Å². The Hall–Kier alpha value is -1.42. The maximum absolute atomic E-state index is 14.2. The number of Topliss-reactive ketones (excluding diaryl/α,β-unsaturated/α-hetero) is 1. The number of benzene rings is 1. The Labute approximate surface area is 119 Å². The van der Waals surface area contributed by atoms with Crippen molar-refractivity contribution < 1.29 is 9.18 Å². The SMILES string of the molecule is CC(=O)c1cccc(F)c1N1CCN2CCCCC2C1. The average Bonchev–Trinajstić information content (AvgIpc) is 2.46. The minimum Gasteiger partial charge on any atom is -0.366 e. The van der Waals surface area contributed by atoms with Gasteiger partial charge in [-0.15, -0.1) is 0 Å². The molecule has 1 unspecified atom stereocenters. The van der Waals surface area contributed by atoms with Crippen LogP contribution in [0.3, 0.4) is 0 Å².